The number of nitrogens with zero attached hydrogens (tertiary/aromatic N) is 2. The first-order valence-corrected chi connectivity index (χ1v) is 10.5. The van der Waals surface area contributed by atoms with Gasteiger partial charge in [-0.15, -0.1) is 0 Å². The second-order valence-corrected chi connectivity index (χ2v) is 9.20. The van der Waals surface area contributed by atoms with Crippen LogP contribution in [0.15, 0.2) is 77.4 Å². The van der Waals surface area contributed by atoms with Crippen molar-refractivity contribution in [2.45, 2.75) is 25.8 Å². The molecule has 0 bridgehead atoms. The Morgan fingerprint density at radius 2 is 1.71 bits per heavy atom. The normalized spacial score (nSPS) is 21.1. The molecule has 0 atom stereocenters. The highest BCUT2D eigenvalue weighted by molar-refractivity contribution is 8.26. The van der Waals surface area contributed by atoms with E-state index < -0.39 is 0 Å². The van der Waals surface area contributed by atoms with E-state index in [0.29, 0.717) is 15.8 Å². The highest BCUT2D eigenvalue weighted by Gasteiger charge is 2.38. The summed E-state index contributed by atoms with van der Waals surface area (Å²) in [6.07, 6.45) is 3.98. The molecule has 0 N–H and O–H groups in total. The fourth-order valence-electron chi connectivity index (χ4n) is 3.87. The number of hydrogen-bond donors (Lipinski definition) is 0. The van der Waals surface area contributed by atoms with Crippen LogP contribution in [0, 0.1) is 0 Å². The summed E-state index contributed by atoms with van der Waals surface area (Å²) in [5.74, 6) is -0.0216. The van der Waals surface area contributed by atoms with Gasteiger partial charge in [-0.1, -0.05) is 86.4 Å². The van der Waals surface area contributed by atoms with Crippen molar-refractivity contribution in [3.8, 4) is 0 Å². The number of thiocarbonyl (C=S) groups is 1. The molecule has 2 aliphatic heterocycles. The van der Waals surface area contributed by atoms with E-state index in [1.807, 2.05) is 36.4 Å². The topological polar surface area (TPSA) is 23.6 Å². The largest absolute Gasteiger partial charge is 0.347 e. The minimum absolute atomic E-state index is 0.0216. The lowest BCUT2D eigenvalue weighted by atomic mass is 9.84. The van der Waals surface area contributed by atoms with Gasteiger partial charge in [0.05, 0.1) is 11.4 Å². The first kappa shape index (κ1) is 19.0. The molecule has 2 aromatic carbocycles. The van der Waals surface area contributed by atoms with Crippen LogP contribution < -0.4 is 4.90 Å². The van der Waals surface area contributed by atoms with Crippen LogP contribution in [0.5, 0.6) is 0 Å². The van der Waals surface area contributed by atoms with Gasteiger partial charge in [-0.3, -0.25) is 9.69 Å². The standard InChI is InChI=1S/C23H22N2OS2/c1-23(2)17-11-7-8-12-18(17)24(3)20(23)14-13-19-21(26)25(22(27)28-19)15-16-9-5-4-6-10-16/h4-14H,15H2,1-3H3. The number of amides is 1. The van der Waals surface area contributed by atoms with Crippen LogP contribution in [-0.2, 0) is 16.8 Å². The zero-order valence-electron chi connectivity index (χ0n) is 16.2. The molecular formula is C23H22N2OS2. The molecule has 4 rings (SSSR count). The van der Waals surface area contributed by atoms with E-state index in [9.17, 15) is 4.79 Å². The quantitative estimate of drug-likeness (QED) is 0.514. The summed E-state index contributed by atoms with van der Waals surface area (Å²) in [6, 6.07) is 18.4. The van der Waals surface area contributed by atoms with E-state index in [1.165, 1.54) is 28.7 Å². The molecule has 0 saturated carbocycles. The van der Waals surface area contributed by atoms with Crippen LogP contribution in [-0.4, -0.2) is 22.2 Å². The molecule has 2 heterocycles. The highest BCUT2D eigenvalue weighted by atomic mass is 32.2. The molecule has 2 aromatic rings. The number of hydrogen-bond acceptors (Lipinski definition) is 4. The van der Waals surface area contributed by atoms with Gasteiger partial charge in [0.25, 0.3) is 5.91 Å². The van der Waals surface area contributed by atoms with Gasteiger partial charge in [-0.05, 0) is 29.3 Å². The van der Waals surface area contributed by atoms with Crippen molar-refractivity contribution in [3.05, 3.63) is 88.5 Å². The Morgan fingerprint density at radius 3 is 2.43 bits per heavy atom. The Kier molecular flexibility index (Phi) is 4.89. The fraction of sp³-hybridized carbons (Fsp3) is 0.217. The van der Waals surface area contributed by atoms with Crippen LogP contribution in [0.25, 0.3) is 0 Å². The number of carbonyl (C=O) groups is 1. The van der Waals surface area contributed by atoms with E-state index in [2.05, 4.69) is 56.1 Å². The van der Waals surface area contributed by atoms with Crippen molar-refractivity contribution in [1.29, 1.82) is 0 Å². The van der Waals surface area contributed by atoms with E-state index in [1.54, 1.807) is 4.90 Å². The Bertz CT molecular complexity index is 1010. The van der Waals surface area contributed by atoms with Crippen molar-refractivity contribution < 1.29 is 4.79 Å². The first-order valence-electron chi connectivity index (χ1n) is 9.23. The second-order valence-electron chi connectivity index (χ2n) is 7.53. The van der Waals surface area contributed by atoms with Gasteiger partial charge in [0.15, 0.2) is 0 Å². The third-order valence-electron chi connectivity index (χ3n) is 5.39. The molecule has 1 fully saturated rings. The van der Waals surface area contributed by atoms with Crippen LogP contribution in [0.1, 0.15) is 25.0 Å². The molecule has 28 heavy (non-hydrogen) atoms. The van der Waals surface area contributed by atoms with Gasteiger partial charge in [-0.2, -0.15) is 0 Å². The lowest BCUT2D eigenvalue weighted by Crippen LogP contribution is -2.27. The number of likely N-dealkylation sites (N-methyl/N-ethyl adjacent to an activating group) is 1. The molecule has 2 aliphatic rings. The van der Waals surface area contributed by atoms with Crippen molar-refractivity contribution in [3.63, 3.8) is 0 Å². The SMILES string of the molecule is CN1C(=CC=C2SC(=S)N(Cc3ccccc3)C2=O)C(C)(C)c2ccccc21. The maximum atomic E-state index is 12.9. The van der Waals surface area contributed by atoms with E-state index in [4.69, 9.17) is 12.2 Å². The predicted molar refractivity (Wildman–Crippen MR) is 121 cm³/mol. The summed E-state index contributed by atoms with van der Waals surface area (Å²) in [7, 11) is 2.08. The number of rotatable bonds is 3. The number of carbonyl (C=O) groups excluding carboxylic acids is 1. The number of para-hydroxylation sites is 1. The Morgan fingerprint density at radius 1 is 1.04 bits per heavy atom. The maximum absolute atomic E-state index is 12.9. The van der Waals surface area contributed by atoms with Crippen molar-refractivity contribution >= 4 is 39.9 Å². The van der Waals surface area contributed by atoms with E-state index in [-0.39, 0.29) is 11.3 Å². The van der Waals surface area contributed by atoms with Crippen molar-refractivity contribution in [2.75, 3.05) is 11.9 Å². The third kappa shape index (κ3) is 3.19. The van der Waals surface area contributed by atoms with Crippen LogP contribution in [0.3, 0.4) is 0 Å². The molecule has 142 valence electrons. The van der Waals surface area contributed by atoms with Gasteiger partial charge >= 0.3 is 0 Å². The molecule has 0 unspecified atom stereocenters. The summed E-state index contributed by atoms with van der Waals surface area (Å²) < 4.78 is 0.612. The minimum atomic E-state index is -0.112. The van der Waals surface area contributed by atoms with E-state index >= 15 is 0 Å². The van der Waals surface area contributed by atoms with Crippen molar-refractivity contribution in [2.24, 2.45) is 0 Å². The molecular weight excluding hydrogens is 384 g/mol. The van der Waals surface area contributed by atoms with Crippen LogP contribution in [0.4, 0.5) is 5.69 Å². The Balaban J connectivity index is 1.60. The zero-order chi connectivity index (χ0) is 19.9. The van der Waals surface area contributed by atoms with Crippen LogP contribution >= 0.6 is 24.0 Å². The molecule has 0 spiro atoms. The molecule has 0 radical (unpaired) electrons. The molecule has 1 amide bonds. The zero-order valence-corrected chi connectivity index (χ0v) is 17.8. The summed E-state index contributed by atoms with van der Waals surface area (Å²) in [6.45, 7) is 4.95. The number of allylic oxidation sites excluding steroid dienone is 3. The average Bonchev–Trinajstić information content (AvgIpc) is 3.06. The monoisotopic (exact) mass is 406 g/mol. The lowest BCUT2D eigenvalue weighted by Gasteiger charge is -2.23. The molecule has 1 saturated heterocycles. The van der Waals surface area contributed by atoms with E-state index in [0.717, 1.165) is 5.56 Å². The Hall–Kier alpha value is -2.37. The summed E-state index contributed by atoms with van der Waals surface area (Å²) in [5, 5.41) is 0. The van der Waals surface area contributed by atoms with Gasteiger partial charge in [0, 0.05) is 23.8 Å². The number of benzene rings is 2. The smallest absolute Gasteiger partial charge is 0.266 e. The van der Waals surface area contributed by atoms with Crippen molar-refractivity contribution in [1.82, 2.24) is 4.90 Å². The van der Waals surface area contributed by atoms with Gasteiger partial charge < -0.3 is 4.90 Å². The second kappa shape index (κ2) is 7.22. The number of thioether (sulfide) groups is 1. The lowest BCUT2D eigenvalue weighted by molar-refractivity contribution is -0.122. The summed E-state index contributed by atoms with van der Waals surface area (Å²) in [5.41, 5.74) is 4.64. The fourth-order valence-corrected chi connectivity index (χ4v) is 5.07. The first-order chi connectivity index (χ1) is 13.4. The Labute approximate surface area is 175 Å². The van der Waals surface area contributed by atoms with Crippen LogP contribution in [0.2, 0.25) is 0 Å². The molecule has 0 aromatic heterocycles. The maximum Gasteiger partial charge on any atom is 0.266 e. The summed E-state index contributed by atoms with van der Waals surface area (Å²) in [4.78, 5) is 17.5. The summed E-state index contributed by atoms with van der Waals surface area (Å²) >= 11 is 6.84. The molecule has 3 nitrogen and oxygen atoms in total. The minimum Gasteiger partial charge on any atom is -0.347 e. The molecule has 0 aliphatic carbocycles. The predicted octanol–water partition coefficient (Wildman–Crippen LogP) is 5.24. The highest BCUT2D eigenvalue weighted by Crippen LogP contribution is 2.46. The molecule has 5 heteroatoms. The third-order valence-corrected chi connectivity index (χ3v) is 6.79. The van der Waals surface area contributed by atoms with Gasteiger partial charge in [0.2, 0.25) is 0 Å². The average molecular weight is 407 g/mol. The van der Waals surface area contributed by atoms with Gasteiger partial charge in [-0.25, -0.2) is 0 Å². The van der Waals surface area contributed by atoms with Gasteiger partial charge in [0.1, 0.15) is 4.32 Å². The number of anilines is 1. The number of fused-ring (bicyclic) bond motifs is 1.